The van der Waals surface area contributed by atoms with Crippen LogP contribution in [0.2, 0.25) is 0 Å². The first-order valence-electron chi connectivity index (χ1n) is 32.5. The lowest BCUT2D eigenvalue weighted by Crippen LogP contribution is -2.62. The normalized spacial score (nSPS) is 17.3. The molecule has 3 aromatic rings. The number of aromatic nitrogens is 2. The van der Waals surface area contributed by atoms with Gasteiger partial charge in [0.2, 0.25) is 70.9 Å². The maximum Gasteiger partial charge on any atom is 0.305 e. The van der Waals surface area contributed by atoms with Crippen molar-refractivity contribution in [2.45, 2.75) is 169 Å². The minimum Gasteiger partial charge on any atom is -0.481 e. The van der Waals surface area contributed by atoms with Crippen molar-refractivity contribution in [3.8, 4) is 0 Å². The van der Waals surface area contributed by atoms with Crippen LogP contribution in [-0.4, -0.2) is 245 Å². The van der Waals surface area contributed by atoms with Crippen LogP contribution in [0.3, 0.4) is 0 Å². The van der Waals surface area contributed by atoms with E-state index in [1.807, 2.05) is 0 Å². The fourth-order valence-corrected chi connectivity index (χ4v) is 11.5. The Balaban J connectivity index is 1.36. The molecule has 1 aromatic heterocycles. The average Bonchev–Trinajstić information content (AvgIpc) is 1.64. The summed E-state index contributed by atoms with van der Waals surface area (Å²) in [7, 11) is 0. The molecule has 0 unspecified atom stereocenters. The molecule has 2 aliphatic heterocycles. The van der Waals surface area contributed by atoms with Gasteiger partial charge in [-0.25, -0.2) is 4.98 Å². The number of rotatable bonds is 41. The van der Waals surface area contributed by atoms with E-state index in [1.54, 1.807) is 60.7 Å². The summed E-state index contributed by atoms with van der Waals surface area (Å²) in [6.07, 6.45) is -2.57. The van der Waals surface area contributed by atoms with Crippen molar-refractivity contribution in [2.24, 2.45) is 27.9 Å². The molecule has 556 valence electrons. The fourth-order valence-electron chi connectivity index (χ4n) is 11.1. The Bertz CT molecular complexity index is 3480. The molecule has 13 atom stereocenters. The first-order valence-corrected chi connectivity index (χ1v) is 33.7. The number of H-pyrrole nitrogens is 1. The second-order valence-electron chi connectivity index (χ2n) is 24.2. The highest BCUT2D eigenvalue weighted by atomic mass is 32.1. The number of thiol groups is 2. The van der Waals surface area contributed by atoms with E-state index in [0.29, 0.717) is 30.4 Å². The van der Waals surface area contributed by atoms with E-state index in [9.17, 15) is 92.3 Å². The number of likely N-dealkylation sites (tertiary alicyclic amines) is 2. The van der Waals surface area contributed by atoms with Crippen molar-refractivity contribution in [3.05, 3.63) is 90.0 Å². The summed E-state index contributed by atoms with van der Waals surface area (Å²) >= 11 is 8.34. The Kier molecular flexibility index (Phi) is 32.9. The molecule has 5 rings (SSSR count). The Hall–Kier alpha value is -10.4. The lowest BCUT2D eigenvalue weighted by molar-refractivity contribution is -0.147. The van der Waals surface area contributed by atoms with Crippen molar-refractivity contribution in [1.82, 2.24) is 67.6 Å². The molecule has 37 nitrogen and oxygen atoms in total. The molecule has 2 aliphatic rings. The van der Waals surface area contributed by atoms with Gasteiger partial charge in [0, 0.05) is 68.7 Å². The van der Waals surface area contributed by atoms with E-state index in [2.05, 4.69) is 88.1 Å². The number of benzene rings is 2. The van der Waals surface area contributed by atoms with E-state index in [4.69, 9.17) is 22.9 Å². The van der Waals surface area contributed by atoms with Crippen LogP contribution in [0.15, 0.2) is 78.2 Å². The number of hydrogen-bond acceptors (Lipinski definition) is 21. The molecule has 0 radical (unpaired) electrons. The Morgan fingerprint density at radius 1 is 0.559 bits per heavy atom. The van der Waals surface area contributed by atoms with Crippen molar-refractivity contribution >= 4 is 120 Å². The molecule has 2 aromatic carbocycles. The molecule has 2 saturated heterocycles. The fraction of sp³-hybridized carbons (Fsp3) is 0.508. The number of primary amides is 1. The van der Waals surface area contributed by atoms with Gasteiger partial charge in [-0.15, -0.1) is 0 Å². The van der Waals surface area contributed by atoms with Crippen molar-refractivity contribution in [1.29, 1.82) is 0 Å². The zero-order chi connectivity index (χ0) is 75.3. The van der Waals surface area contributed by atoms with Crippen LogP contribution in [0.25, 0.3) is 0 Å². The molecule has 2 fully saturated rings. The number of imidazole rings is 1. The highest BCUT2D eigenvalue weighted by molar-refractivity contribution is 7.80. The SMILES string of the molecule is C[C@@H](O)[C@H](NC(=O)[C@@H]1CCCN1C(=O)[C@@H]1CCCN1C(=O)[C@@H](N)CS)C(=O)N[C@@H](CCC(=O)O)C(=O)N[C@@H](Cc1ccccc1)C(=O)N[C@@H](CS)C(=O)N[C@@H](CC(=O)O)C(=O)N[C@@H](Cc1cnc[nH]1)C(=O)N[C@@H](Cc1ccccc1)C(=O)N[C@@H](CCCN=C(N)N)C(=O)N[C@@H](CC(=O)O)C(N)=O. The summed E-state index contributed by atoms with van der Waals surface area (Å²) in [6.45, 7) is 1.45. The number of nitrogens with one attached hydrogen (secondary N) is 10. The van der Waals surface area contributed by atoms with Gasteiger partial charge >= 0.3 is 17.9 Å². The molecule has 22 N–H and O–H groups in total. The smallest absolute Gasteiger partial charge is 0.305 e. The third kappa shape index (κ3) is 26.0. The van der Waals surface area contributed by atoms with E-state index in [0.717, 1.165) is 6.92 Å². The third-order valence-electron chi connectivity index (χ3n) is 16.4. The largest absolute Gasteiger partial charge is 0.481 e. The molecular formula is C63H88N18O19S2. The van der Waals surface area contributed by atoms with Crippen molar-refractivity contribution < 1.29 is 92.3 Å². The molecule has 3 heterocycles. The van der Waals surface area contributed by atoms with Crippen molar-refractivity contribution in [3.63, 3.8) is 0 Å². The van der Waals surface area contributed by atoms with Crippen LogP contribution < -0.4 is 70.8 Å². The molecule has 0 bridgehead atoms. The van der Waals surface area contributed by atoms with E-state index in [-0.39, 0.29) is 69.1 Å². The first-order chi connectivity index (χ1) is 48.4. The van der Waals surface area contributed by atoms with Gasteiger partial charge in [-0.05, 0) is 63.0 Å². The molecule has 12 amide bonds. The van der Waals surface area contributed by atoms with Gasteiger partial charge in [-0.1, -0.05) is 60.7 Å². The van der Waals surface area contributed by atoms with Crippen LogP contribution in [0.4, 0.5) is 0 Å². The zero-order valence-corrected chi connectivity index (χ0v) is 57.4. The number of carboxylic acids is 3. The summed E-state index contributed by atoms with van der Waals surface area (Å²) in [4.78, 5) is 217. The number of carbonyl (C=O) groups excluding carboxylic acids is 12. The van der Waals surface area contributed by atoms with E-state index >= 15 is 0 Å². The minimum absolute atomic E-state index is 0.0200. The molecule has 0 spiro atoms. The minimum atomic E-state index is -2.05. The summed E-state index contributed by atoms with van der Waals surface area (Å²) in [6, 6.07) is -2.71. The standard InChI is InChI=1S/C63H88N18O19S2/c1-32(82)50(79-59(97)45-16-9-21-80(45)62(100)46-17-10-22-81(46)61(99)36(64)29-101)60(98)72-38(18-19-47(83)84)53(91)74-41(24-34-13-6-3-7-14-34)55(93)78-44(30-102)58(96)77-43(27-49(87)88)57(95)76-42(25-35-28-68-31-70-35)56(94)75-40(23-33-11-4-2-5-12-33)54(92)71-37(15-8-20-69-63(66)67)52(90)73-39(51(65)89)26-48(85)86/h2-7,11-14,28,31-32,36-46,50,82,101-102H,8-10,15-27,29-30,64H2,1H3,(H2,65,89)(H,68,70)(H,71,92)(H,72,98)(H,73,90)(H,74,91)(H,75,94)(H,76,95)(H,77,96)(H,78,93)(H,79,97)(H,83,84)(H,85,86)(H,87,88)(H4,66,67,69)/t32-,36+,37+,38+,39+,40+,41+,42+,43+,44+,45+,46+,50+/m1/s1. The second kappa shape index (κ2) is 40.7. The number of nitrogens with zero attached hydrogens (tertiary/aromatic N) is 4. The Morgan fingerprint density at radius 3 is 1.50 bits per heavy atom. The number of carbonyl (C=O) groups is 15. The van der Waals surface area contributed by atoms with Crippen LogP contribution in [0.1, 0.15) is 88.0 Å². The maximum atomic E-state index is 14.6. The number of guanidine groups is 1. The predicted molar refractivity (Wildman–Crippen MR) is 367 cm³/mol. The first kappa shape index (κ1) is 82.3. The van der Waals surface area contributed by atoms with Crippen molar-refractivity contribution in [2.75, 3.05) is 31.1 Å². The zero-order valence-electron chi connectivity index (χ0n) is 55.6. The van der Waals surface area contributed by atoms with Crippen LogP contribution in [-0.2, 0) is 91.2 Å². The molecule has 0 saturated carbocycles. The van der Waals surface area contributed by atoms with Gasteiger partial charge in [0.1, 0.15) is 66.5 Å². The average molecular weight is 1470 g/mol. The summed E-state index contributed by atoms with van der Waals surface area (Å²) in [5, 5.41) is 61.7. The third-order valence-corrected chi connectivity index (χ3v) is 17.2. The Morgan fingerprint density at radius 2 is 1.01 bits per heavy atom. The topological polar surface area (TPSA) is 597 Å². The molecule has 39 heteroatoms. The Labute approximate surface area is 595 Å². The van der Waals surface area contributed by atoms with Gasteiger partial charge in [0.15, 0.2) is 5.96 Å². The second-order valence-corrected chi connectivity index (χ2v) is 24.9. The van der Waals surface area contributed by atoms with Gasteiger partial charge < -0.3 is 106 Å². The summed E-state index contributed by atoms with van der Waals surface area (Å²) in [5.74, 6) is -17.7. The van der Waals surface area contributed by atoms with Gasteiger partial charge in [-0.3, -0.25) is 76.9 Å². The lowest BCUT2D eigenvalue weighted by atomic mass is 10.0. The van der Waals surface area contributed by atoms with E-state index in [1.165, 1.54) is 22.3 Å². The molecular weight excluding hydrogens is 1380 g/mol. The number of amides is 12. The maximum absolute atomic E-state index is 14.6. The predicted octanol–water partition coefficient (Wildman–Crippen LogP) is -6.30. The number of carboxylic acid groups (broad SMARTS) is 3. The number of nitrogens with two attached hydrogens (primary N) is 4. The summed E-state index contributed by atoms with van der Waals surface area (Å²) in [5.41, 5.74) is 23.3. The highest BCUT2D eigenvalue weighted by Crippen LogP contribution is 2.26. The number of aliphatic carboxylic acids is 3. The number of aromatic amines is 1. The highest BCUT2D eigenvalue weighted by Gasteiger charge is 2.45. The quantitative estimate of drug-likeness (QED) is 0.0109. The van der Waals surface area contributed by atoms with Gasteiger partial charge in [0.25, 0.3) is 0 Å². The van der Waals surface area contributed by atoms with Crippen LogP contribution >= 0.6 is 25.3 Å². The van der Waals surface area contributed by atoms with Gasteiger partial charge in [0.05, 0.1) is 31.3 Å². The van der Waals surface area contributed by atoms with E-state index < -0.39 is 205 Å². The number of aliphatic hydroxyl groups excluding tert-OH is 1. The monoisotopic (exact) mass is 1460 g/mol. The number of hydrogen-bond donors (Lipinski definition) is 20. The molecule has 102 heavy (non-hydrogen) atoms. The summed E-state index contributed by atoms with van der Waals surface area (Å²) < 4.78 is 0. The lowest BCUT2D eigenvalue weighted by Gasteiger charge is -2.33. The van der Waals surface area contributed by atoms with Crippen LogP contribution in [0.5, 0.6) is 0 Å². The number of aliphatic imine (C=N–C) groups is 1. The molecule has 0 aliphatic carbocycles. The van der Waals surface area contributed by atoms with Crippen LogP contribution in [0, 0.1) is 0 Å². The van der Waals surface area contributed by atoms with Gasteiger partial charge in [-0.2, -0.15) is 25.3 Å². The number of aliphatic hydroxyl groups is 1.